The van der Waals surface area contributed by atoms with E-state index in [1.807, 2.05) is 43.5 Å². The molecule has 2 heterocycles. The molecule has 1 fully saturated rings. The molecule has 0 amide bonds. The molecule has 0 radical (unpaired) electrons. The lowest BCUT2D eigenvalue weighted by Crippen LogP contribution is -2.36. The third kappa shape index (κ3) is 5.18. The highest BCUT2D eigenvalue weighted by Crippen LogP contribution is 2.15. The third-order valence-corrected chi connectivity index (χ3v) is 4.41. The summed E-state index contributed by atoms with van der Waals surface area (Å²) >= 11 is 0. The Bertz CT molecular complexity index is 718. The van der Waals surface area contributed by atoms with Crippen LogP contribution >= 0.6 is 0 Å². The fourth-order valence-corrected chi connectivity index (χ4v) is 2.95. The highest BCUT2D eigenvalue weighted by atomic mass is 16.5. The fourth-order valence-electron chi connectivity index (χ4n) is 2.95. The molecule has 0 bridgehead atoms. The monoisotopic (exact) mass is 342 g/mol. The lowest BCUT2D eigenvalue weighted by Gasteiger charge is -2.26. The van der Waals surface area contributed by atoms with Crippen molar-refractivity contribution in [3.8, 4) is 11.4 Å². The maximum absolute atomic E-state index is 12.0. The smallest absolute Gasteiger partial charge is 0.255 e. The van der Waals surface area contributed by atoms with Gasteiger partial charge in [-0.25, -0.2) is 0 Å². The number of benzene rings is 1. The fraction of sp³-hybridized carbons (Fsp3) is 0.450. The first-order valence-corrected chi connectivity index (χ1v) is 8.95. The molecule has 0 unspecified atom stereocenters. The average Bonchev–Trinajstić information content (AvgIpc) is 2.65. The number of ether oxygens (including phenoxy) is 2. The maximum atomic E-state index is 12.0. The lowest BCUT2D eigenvalue weighted by molar-refractivity contribution is 0.0368. The van der Waals surface area contributed by atoms with Gasteiger partial charge in [0, 0.05) is 31.0 Å². The first kappa shape index (κ1) is 17.7. The zero-order valence-corrected chi connectivity index (χ0v) is 14.8. The van der Waals surface area contributed by atoms with Gasteiger partial charge in [0.25, 0.3) is 5.56 Å². The van der Waals surface area contributed by atoms with Crippen molar-refractivity contribution in [3.05, 3.63) is 58.5 Å². The number of nitrogens with zero attached hydrogens (tertiary/aromatic N) is 2. The van der Waals surface area contributed by atoms with Crippen molar-refractivity contribution in [1.29, 1.82) is 0 Å². The van der Waals surface area contributed by atoms with Gasteiger partial charge in [-0.1, -0.05) is 6.07 Å². The first-order valence-electron chi connectivity index (χ1n) is 8.95. The molecule has 0 aliphatic carbocycles. The van der Waals surface area contributed by atoms with Crippen LogP contribution in [0.3, 0.4) is 0 Å². The van der Waals surface area contributed by atoms with Crippen LogP contribution in [0.2, 0.25) is 0 Å². The van der Waals surface area contributed by atoms with Gasteiger partial charge in [-0.3, -0.25) is 14.3 Å². The number of morpholine rings is 1. The number of hydrogen-bond donors (Lipinski definition) is 0. The molecule has 3 rings (SSSR count). The van der Waals surface area contributed by atoms with Gasteiger partial charge in [0.2, 0.25) is 0 Å². The Hall–Kier alpha value is -2.11. The van der Waals surface area contributed by atoms with Gasteiger partial charge in [-0.15, -0.1) is 0 Å². The molecular weight excluding hydrogens is 316 g/mol. The van der Waals surface area contributed by atoms with Crippen molar-refractivity contribution in [2.45, 2.75) is 19.8 Å². The quantitative estimate of drug-likeness (QED) is 0.726. The molecule has 5 heteroatoms. The lowest BCUT2D eigenvalue weighted by atomic mass is 10.2. The van der Waals surface area contributed by atoms with E-state index in [0.29, 0.717) is 6.61 Å². The summed E-state index contributed by atoms with van der Waals surface area (Å²) in [5.41, 5.74) is 1.89. The van der Waals surface area contributed by atoms with Crippen LogP contribution in [0.5, 0.6) is 5.75 Å². The minimum Gasteiger partial charge on any atom is -0.494 e. The van der Waals surface area contributed by atoms with Crippen LogP contribution in [0.1, 0.15) is 18.4 Å². The molecule has 134 valence electrons. The second-order valence-electron chi connectivity index (χ2n) is 6.42. The summed E-state index contributed by atoms with van der Waals surface area (Å²) in [5, 5.41) is 0. The minimum atomic E-state index is -0.0256. The number of rotatable bonds is 7. The van der Waals surface area contributed by atoms with E-state index in [1.165, 1.54) is 0 Å². The van der Waals surface area contributed by atoms with E-state index in [0.717, 1.165) is 62.7 Å². The van der Waals surface area contributed by atoms with Crippen LogP contribution in [0.4, 0.5) is 0 Å². The van der Waals surface area contributed by atoms with Crippen molar-refractivity contribution in [1.82, 2.24) is 9.47 Å². The van der Waals surface area contributed by atoms with E-state index in [4.69, 9.17) is 9.47 Å². The first-order chi connectivity index (χ1) is 12.2. The van der Waals surface area contributed by atoms with Gasteiger partial charge in [-0.2, -0.15) is 0 Å². The Balaban J connectivity index is 1.44. The second kappa shape index (κ2) is 8.83. The average molecular weight is 342 g/mol. The molecule has 0 spiro atoms. The highest BCUT2D eigenvalue weighted by Gasteiger charge is 2.09. The van der Waals surface area contributed by atoms with Gasteiger partial charge >= 0.3 is 0 Å². The van der Waals surface area contributed by atoms with E-state index in [9.17, 15) is 4.79 Å². The number of aromatic nitrogens is 1. The summed E-state index contributed by atoms with van der Waals surface area (Å²) in [6.07, 6.45) is 4.02. The number of aryl methyl sites for hydroxylation is 1. The SMILES string of the molecule is Cc1ccc(=O)n(-c2ccc(OCCCCN3CCOCC3)cc2)c1. The zero-order valence-electron chi connectivity index (χ0n) is 14.8. The molecule has 0 atom stereocenters. The summed E-state index contributed by atoms with van der Waals surface area (Å²) in [5.74, 6) is 0.843. The largest absolute Gasteiger partial charge is 0.494 e. The Kier molecular flexibility index (Phi) is 6.25. The van der Waals surface area contributed by atoms with Crippen molar-refractivity contribution in [3.63, 3.8) is 0 Å². The summed E-state index contributed by atoms with van der Waals surface area (Å²) < 4.78 is 12.8. The van der Waals surface area contributed by atoms with Gasteiger partial charge in [-0.05, 0) is 56.1 Å². The molecule has 5 nitrogen and oxygen atoms in total. The van der Waals surface area contributed by atoms with Gasteiger partial charge < -0.3 is 9.47 Å². The second-order valence-corrected chi connectivity index (χ2v) is 6.42. The molecule has 0 N–H and O–H groups in total. The Morgan fingerprint density at radius 2 is 1.80 bits per heavy atom. The summed E-state index contributed by atoms with van der Waals surface area (Å²) in [4.78, 5) is 14.4. The molecule has 2 aromatic rings. The molecule has 1 aliphatic heterocycles. The van der Waals surface area contributed by atoms with E-state index in [2.05, 4.69) is 4.90 Å². The Morgan fingerprint density at radius 3 is 2.56 bits per heavy atom. The molecule has 1 aromatic carbocycles. The van der Waals surface area contributed by atoms with Crippen molar-refractivity contribution >= 4 is 0 Å². The normalized spacial score (nSPS) is 15.2. The summed E-state index contributed by atoms with van der Waals surface area (Å²) in [7, 11) is 0. The van der Waals surface area contributed by atoms with Crippen LogP contribution < -0.4 is 10.3 Å². The van der Waals surface area contributed by atoms with Crippen molar-refractivity contribution in [2.75, 3.05) is 39.5 Å². The summed E-state index contributed by atoms with van der Waals surface area (Å²) in [6.45, 7) is 7.60. The van der Waals surface area contributed by atoms with Crippen LogP contribution in [0.25, 0.3) is 5.69 Å². The number of hydrogen-bond acceptors (Lipinski definition) is 4. The molecule has 1 aromatic heterocycles. The van der Waals surface area contributed by atoms with Crippen LogP contribution in [-0.2, 0) is 4.74 Å². The Morgan fingerprint density at radius 1 is 1.04 bits per heavy atom. The third-order valence-electron chi connectivity index (χ3n) is 4.41. The number of pyridine rings is 1. The van der Waals surface area contributed by atoms with Crippen LogP contribution in [0, 0.1) is 6.92 Å². The highest BCUT2D eigenvalue weighted by molar-refractivity contribution is 5.38. The van der Waals surface area contributed by atoms with Gasteiger partial charge in [0.15, 0.2) is 0 Å². The van der Waals surface area contributed by atoms with Crippen molar-refractivity contribution < 1.29 is 9.47 Å². The molecule has 1 saturated heterocycles. The summed E-state index contributed by atoms with van der Waals surface area (Å²) in [6, 6.07) is 11.1. The van der Waals surface area contributed by atoms with Gasteiger partial charge in [0.05, 0.1) is 19.8 Å². The van der Waals surface area contributed by atoms with E-state index in [1.54, 1.807) is 10.6 Å². The standard InChI is InChI=1S/C20H26N2O3/c1-17-4-9-20(23)22(16-17)18-5-7-19(8-6-18)25-13-3-2-10-21-11-14-24-15-12-21/h4-9,16H,2-3,10-15H2,1H3. The van der Waals surface area contributed by atoms with E-state index < -0.39 is 0 Å². The zero-order chi connectivity index (χ0) is 17.5. The topological polar surface area (TPSA) is 43.7 Å². The van der Waals surface area contributed by atoms with Gasteiger partial charge in [0.1, 0.15) is 5.75 Å². The van der Waals surface area contributed by atoms with Crippen molar-refractivity contribution in [2.24, 2.45) is 0 Å². The minimum absolute atomic E-state index is 0.0256. The van der Waals surface area contributed by atoms with E-state index >= 15 is 0 Å². The van der Waals surface area contributed by atoms with E-state index in [-0.39, 0.29) is 5.56 Å². The van der Waals surface area contributed by atoms with Crippen LogP contribution in [0.15, 0.2) is 47.4 Å². The molecular formula is C20H26N2O3. The maximum Gasteiger partial charge on any atom is 0.255 e. The number of unbranched alkanes of at least 4 members (excludes halogenated alkanes) is 1. The molecule has 0 saturated carbocycles. The molecule has 25 heavy (non-hydrogen) atoms. The predicted molar refractivity (Wildman–Crippen MR) is 98.8 cm³/mol. The van der Waals surface area contributed by atoms with Crippen LogP contribution in [-0.4, -0.2) is 48.9 Å². The molecule has 1 aliphatic rings. The predicted octanol–water partition coefficient (Wildman–Crippen LogP) is 2.64. The Labute approximate surface area is 148 Å².